The maximum atomic E-state index is 13.2. The van der Waals surface area contributed by atoms with Crippen molar-refractivity contribution in [2.75, 3.05) is 5.32 Å². The fourth-order valence-electron chi connectivity index (χ4n) is 3.19. The van der Waals surface area contributed by atoms with Crippen molar-refractivity contribution in [3.8, 4) is 11.5 Å². The molecule has 0 spiro atoms. The van der Waals surface area contributed by atoms with Crippen molar-refractivity contribution in [2.45, 2.75) is 20.0 Å². The van der Waals surface area contributed by atoms with Crippen molar-refractivity contribution < 1.29 is 22.4 Å². The topological polar surface area (TPSA) is 55.1 Å². The third-order valence-electron chi connectivity index (χ3n) is 4.80. The summed E-state index contributed by atoms with van der Waals surface area (Å²) in [5.41, 5.74) is 2.17. The SMILES string of the molecule is Cc1ccc2oc(-c3cc(NC(=O)c4ccc(C)c(C(F)(F)F)c4)ccc3Cl)nc2c1. The van der Waals surface area contributed by atoms with Crippen LogP contribution in [0, 0.1) is 13.8 Å². The Morgan fingerprint density at radius 2 is 1.81 bits per heavy atom. The van der Waals surface area contributed by atoms with E-state index in [4.69, 9.17) is 16.0 Å². The number of carbonyl (C=O) groups excluding carboxylic acids is 1. The minimum atomic E-state index is -4.54. The van der Waals surface area contributed by atoms with Crippen molar-refractivity contribution in [2.24, 2.45) is 0 Å². The Kier molecular flexibility index (Phi) is 5.23. The minimum absolute atomic E-state index is 0.0454. The molecule has 0 saturated heterocycles. The summed E-state index contributed by atoms with van der Waals surface area (Å²) in [6.07, 6.45) is -4.54. The van der Waals surface area contributed by atoms with Crippen molar-refractivity contribution in [3.63, 3.8) is 0 Å². The van der Waals surface area contributed by atoms with Gasteiger partial charge in [-0.2, -0.15) is 13.2 Å². The average molecular weight is 445 g/mol. The molecule has 1 aromatic heterocycles. The first-order valence-corrected chi connectivity index (χ1v) is 9.66. The number of benzene rings is 3. The molecule has 1 amide bonds. The van der Waals surface area contributed by atoms with E-state index in [0.29, 0.717) is 27.4 Å². The number of anilines is 1. The Bertz CT molecular complexity index is 1310. The number of aromatic nitrogens is 1. The molecular weight excluding hydrogens is 429 g/mol. The van der Waals surface area contributed by atoms with Crippen LogP contribution in [0.3, 0.4) is 0 Å². The molecule has 0 saturated carbocycles. The van der Waals surface area contributed by atoms with E-state index in [9.17, 15) is 18.0 Å². The van der Waals surface area contributed by atoms with Crippen LogP contribution < -0.4 is 5.32 Å². The summed E-state index contributed by atoms with van der Waals surface area (Å²) in [5.74, 6) is -0.400. The van der Waals surface area contributed by atoms with Crippen LogP contribution in [0.5, 0.6) is 0 Å². The van der Waals surface area contributed by atoms with Gasteiger partial charge in [0, 0.05) is 11.3 Å². The second-order valence-electron chi connectivity index (χ2n) is 7.17. The molecule has 0 aliphatic heterocycles. The van der Waals surface area contributed by atoms with Gasteiger partial charge in [-0.1, -0.05) is 23.7 Å². The number of nitrogens with one attached hydrogen (secondary N) is 1. The Labute approximate surface area is 180 Å². The Hall–Kier alpha value is -3.32. The highest BCUT2D eigenvalue weighted by molar-refractivity contribution is 6.33. The number of amides is 1. The molecule has 1 N–H and O–H groups in total. The van der Waals surface area contributed by atoms with Gasteiger partial charge in [-0.15, -0.1) is 0 Å². The maximum Gasteiger partial charge on any atom is 0.416 e. The molecule has 1 heterocycles. The first-order chi connectivity index (χ1) is 14.6. The van der Waals surface area contributed by atoms with Gasteiger partial charge >= 0.3 is 6.18 Å². The lowest BCUT2D eigenvalue weighted by molar-refractivity contribution is -0.138. The van der Waals surface area contributed by atoms with E-state index in [1.165, 1.54) is 19.1 Å². The predicted molar refractivity (Wildman–Crippen MR) is 113 cm³/mol. The first kappa shape index (κ1) is 20.9. The summed E-state index contributed by atoms with van der Waals surface area (Å²) in [6, 6.07) is 13.7. The normalized spacial score (nSPS) is 11.7. The third kappa shape index (κ3) is 4.27. The Morgan fingerprint density at radius 3 is 2.55 bits per heavy atom. The lowest BCUT2D eigenvalue weighted by atomic mass is 10.0. The van der Waals surface area contributed by atoms with Crippen molar-refractivity contribution in [1.82, 2.24) is 4.98 Å². The lowest BCUT2D eigenvalue weighted by Gasteiger charge is -2.12. The molecule has 158 valence electrons. The predicted octanol–water partition coefficient (Wildman–Crippen LogP) is 7.04. The molecule has 4 aromatic rings. The number of hydrogen-bond donors (Lipinski definition) is 1. The van der Waals surface area contributed by atoms with E-state index in [-0.39, 0.29) is 17.0 Å². The number of halogens is 4. The third-order valence-corrected chi connectivity index (χ3v) is 5.13. The number of aryl methyl sites for hydroxylation is 2. The molecule has 0 fully saturated rings. The fraction of sp³-hybridized carbons (Fsp3) is 0.130. The molecule has 31 heavy (non-hydrogen) atoms. The largest absolute Gasteiger partial charge is 0.436 e. The van der Waals surface area contributed by atoms with Crippen LogP contribution >= 0.6 is 11.6 Å². The van der Waals surface area contributed by atoms with Gasteiger partial charge in [-0.3, -0.25) is 4.79 Å². The highest BCUT2D eigenvalue weighted by Crippen LogP contribution is 2.34. The van der Waals surface area contributed by atoms with Gasteiger partial charge in [0.05, 0.1) is 16.1 Å². The van der Waals surface area contributed by atoms with Crippen LogP contribution in [-0.2, 0) is 6.18 Å². The van der Waals surface area contributed by atoms with Gasteiger partial charge in [0.25, 0.3) is 5.91 Å². The van der Waals surface area contributed by atoms with Gasteiger partial charge in [0.1, 0.15) is 5.52 Å². The number of rotatable bonds is 3. The summed E-state index contributed by atoms with van der Waals surface area (Å²) in [4.78, 5) is 17.0. The second kappa shape index (κ2) is 7.74. The number of nitrogens with zero attached hydrogens (tertiary/aromatic N) is 1. The van der Waals surface area contributed by atoms with E-state index >= 15 is 0 Å². The van der Waals surface area contributed by atoms with Crippen molar-refractivity contribution in [1.29, 1.82) is 0 Å². The van der Waals surface area contributed by atoms with E-state index < -0.39 is 17.6 Å². The van der Waals surface area contributed by atoms with Crippen LogP contribution in [0.2, 0.25) is 5.02 Å². The molecule has 0 unspecified atom stereocenters. The molecule has 0 radical (unpaired) electrons. The summed E-state index contributed by atoms with van der Waals surface area (Å²) in [7, 11) is 0. The summed E-state index contributed by atoms with van der Waals surface area (Å²) in [5, 5.41) is 2.96. The van der Waals surface area contributed by atoms with Crippen LogP contribution in [-0.4, -0.2) is 10.9 Å². The molecule has 0 atom stereocenters. The Balaban J connectivity index is 1.65. The van der Waals surface area contributed by atoms with Gasteiger partial charge in [-0.25, -0.2) is 4.98 Å². The zero-order valence-corrected chi connectivity index (χ0v) is 17.2. The number of hydrogen-bond acceptors (Lipinski definition) is 3. The highest BCUT2D eigenvalue weighted by Gasteiger charge is 2.33. The number of fused-ring (bicyclic) bond motifs is 1. The van der Waals surface area contributed by atoms with Crippen molar-refractivity contribution in [3.05, 3.63) is 81.9 Å². The molecule has 3 aromatic carbocycles. The summed E-state index contributed by atoms with van der Waals surface area (Å²) >= 11 is 6.29. The van der Waals surface area contributed by atoms with Gasteiger partial charge in [0.2, 0.25) is 5.89 Å². The number of alkyl halides is 3. The van der Waals surface area contributed by atoms with Crippen LogP contribution in [0.25, 0.3) is 22.6 Å². The van der Waals surface area contributed by atoms with E-state index in [2.05, 4.69) is 10.3 Å². The molecule has 0 aliphatic carbocycles. The van der Waals surface area contributed by atoms with E-state index in [0.717, 1.165) is 11.6 Å². The second-order valence-corrected chi connectivity index (χ2v) is 7.57. The molecule has 4 rings (SSSR count). The van der Waals surface area contributed by atoms with Gasteiger partial charge in [-0.05, 0) is 67.4 Å². The molecule has 8 heteroatoms. The first-order valence-electron chi connectivity index (χ1n) is 9.28. The van der Waals surface area contributed by atoms with E-state index in [1.807, 2.05) is 19.1 Å². The maximum absolute atomic E-state index is 13.2. The monoisotopic (exact) mass is 444 g/mol. The quantitative estimate of drug-likeness (QED) is 0.369. The minimum Gasteiger partial charge on any atom is -0.436 e. The zero-order valence-electron chi connectivity index (χ0n) is 16.5. The molecule has 4 nitrogen and oxygen atoms in total. The van der Waals surface area contributed by atoms with Crippen LogP contribution in [0.1, 0.15) is 27.0 Å². The summed E-state index contributed by atoms with van der Waals surface area (Å²) < 4.78 is 45.2. The van der Waals surface area contributed by atoms with Gasteiger partial charge in [0.15, 0.2) is 5.58 Å². The molecule has 0 bridgehead atoms. The average Bonchev–Trinajstić information content (AvgIpc) is 3.11. The lowest BCUT2D eigenvalue weighted by Crippen LogP contribution is -2.15. The van der Waals surface area contributed by atoms with Gasteiger partial charge < -0.3 is 9.73 Å². The Morgan fingerprint density at radius 1 is 1.03 bits per heavy atom. The summed E-state index contributed by atoms with van der Waals surface area (Å²) in [6.45, 7) is 3.28. The van der Waals surface area contributed by atoms with Crippen molar-refractivity contribution >= 4 is 34.3 Å². The molecule has 0 aliphatic rings. The number of carbonyl (C=O) groups is 1. The standard InChI is InChI=1S/C23H16ClF3N2O2/c1-12-3-8-20-19(9-12)29-22(31-20)16-11-15(6-7-18(16)24)28-21(30)14-5-4-13(2)17(10-14)23(25,26)27/h3-11H,1-2H3,(H,28,30). The van der Waals surface area contributed by atoms with Crippen LogP contribution in [0.4, 0.5) is 18.9 Å². The number of oxazole rings is 1. The molecular formula is C23H16ClF3N2O2. The van der Waals surface area contributed by atoms with E-state index in [1.54, 1.807) is 24.3 Å². The fourth-order valence-corrected chi connectivity index (χ4v) is 3.39. The smallest absolute Gasteiger partial charge is 0.416 e. The van der Waals surface area contributed by atoms with Crippen LogP contribution in [0.15, 0.2) is 59.0 Å². The highest BCUT2D eigenvalue weighted by atomic mass is 35.5. The zero-order chi connectivity index (χ0) is 22.3.